The summed E-state index contributed by atoms with van der Waals surface area (Å²) >= 11 is 0. The van der Waals surface area contributed by atoms with Gasteiger partial charge in [-0.05, 0) is 33.3 Å². The second kappa shape index (κ2) is 6.55. The highest BCUT2D eigenvalue weighted by Crippen LogP contribution is 2.29. The van der Waals surface area contributed by atoms with Gasteiger partial charge in [0, 0.05) is 5.56 Å². The monoisotopic (exact) mass is 338 g/mol. The number of nitrogens with zero attached hydrogens (tertiary/aromatic N) is 1. The SMILES string of the molecule is C/C(=N\OC(C)C)c1cccc(C)c1NS(=O)(=O)C(F)(F)F. The van der Waals surface area contributed by atoms with Crippen molar-refractivity contribution in [2.75, 3.05) is 4.72 Å². The number of halogens is 3. The van der Waals surface area contributed by atoms with E-state index in [1.807, 2.05) is 0 Å². The van der Waals surface area contributed by atoms with Crippen molar-refractivity contribution in [3.8, 4) is 0 Å². The number of hydrogen-bond donors (Lipinski definition) is 1. The zero-order chi connectivity index (χ0) is 17.1. The lowest BCUT2D eigenvalue weighted by atomic mass is 10.1. The Balaban J connectivity index is 3.29. The van der Waals surface area contributed by atoms with E-state index in [1.165, 1.54) is 26.0 Å². The van der Waals surface area contributed by atoms with Crippen molar-refractivity contribution >= 4 is 21.4 Å². The number of benzene rings is 1. The van der Waals surface area contributed by atoms with Gasteiger partial charge in [-0.1, -0.05) is 23.4 Å². The molecular formula is C13H17F3N2O3S. The van der Waals surface area contributed by atoms with Gasteiger partial charge in [0.15, 0.2) is 0 Å². The Morgan fingerprint density at radius 3 is 2.41 bits per heavy atom. The van der Waals surface area contributed by atoms with E-state index in [0.29, 0.717) is 5.56 Å². The van der Waals surface area contributed by atoms with Crippen LogP contribution >= 0.6 is 0 Å². The van der Waals surface area contributed by atoms with Crippen molar-refractivity contribution < 1.29 is 26.4 Å². The molecule has 0 aliphatic heterocycles. The van der Waals surface area contributed by atoms with Gasteiger partial charge >= 0.3 is 15.5 Å². The van der Waals surface area contributed by atoms with Crippen LogP contribution in [0.5, 0.6) is 0 Å². The molecule has 0 heterocycles. The lowest BCUT2D eigenvalue weighted by Crippen LogP contribution is -2.30. The second-order valence-corrected chi connectivity index (χ2v) is 6.55. The molecule has 0 aliphatic carbocycles. The van der Waals surface area contributed by atoms with E-state index in [2.05, 4.69) is 5.16 Å². The Labute approximate surface area is 127 Å². The molecule has 0 aliphatic rings. The van der Waals surface area contributed by atoms with Gasteiger partial charge < -0.3 is 4.84 Å². The summed E-state index contributed by atoms with van der Waals surface area (Å²) in [7, 11) is -5.51. The zero-order valence-electron chi connectivity index (χ0n) is 12.5. The fraction of sp³-hybridized carbons (Fsp3) is 0.462. The predicted octanol–water partition coefficient (Wildman–Crippen LogP) is 3.41. The van der Waals surface area contributed by atoms with Crippen LogP contribution in [-0.2, 0) is 14.9 Å². The third-order valence-electron chi connectivity index (χ3n) is 2.60. The highest BCUT2D eigenvalue weighted by Gasteiger charge is 2.46. The summed E-state index contributed by atoms with van der Waals surface area (Å²) in [5, 5.41) is 3.79. The molecule has 9 heteroatoms. The number of anilines is 1. The van der Waals surface area contributed by atoms with E-state index >= 15 is 0 Å². The zero-order valence-corrected chi connectivity index (χ0v) is 13.3. The van der Waals surface area contributed by atoms with Crippen LogP contribution in [0.2, 0.25) is 0 Å². The van der Waals surface area contributed by atoms with Crippen molar-refractivity contribution in [1.82, 2.24) is 0 Å². The molecule has 0 saturated heterocycles. The van der Waals surface area contributed by atoms with Crippen LogP contribution in [0.25, 0.3) is 0 Å². The molecule has 0 fully saturated rings. The lowest BCUT2D eigenvalue weighted by molar-refractivity contribution is -0.0429. The van der Waals surface area contributed by atoms with Gasteiger partial charge in [-0.3, -0.25) is 4.72 Å². The molecule has 1 aromatic rings. The first-order valence-corrected chi connectivity index (χ1v) is 7.83. The summed E-state index contributed by atoms with van der Waals surface area (Å²) in [5.74, 6) is 0. The average Bonchev–Trinajstić information content (AvgIpc) is 2.36. The molecule has 1 N–H and O–H groups in total. The van der Waals surface area contributed by atoms with E-state index in [-0.39, 0.29) is 23.1 Å². The Morgan fingerprint density at radius 2 is 1.91 bits per heavy atom. The summed E-state index contributed by atoms with van der Waals surface area (Å²) in [6, 6.07) is 4.54. The fourth-order valence-electron chi connectivity index (χ4n) is 1.53. The Hall–Kier alpha value is -1.77. The Morgan fingerprint density at radius 1 is 1.32 bits per heavy atom. The summed E-state index contributed by atoms with van der Waals surface area (Å²) in [4.78, 5) is 5.04. The van der Waals surface area contributed by atoms with Gasteiger partial charge in [0.05, 0.1) is 11.4 Å². The maximum atomic E-state index is 12.5. The number of rotatable bonds is 5. The summed E-state index contributed by atoms with van der Waals surface area (Å²) in [5.41, 5.74) is -4.75. The largest absolute Gasteiger partial charge is 0.516 e. The summed E-state index contributed by atoms with van der Waals surface area (Å²) in [6.45, 7) is 6.48. The van der Waals surface area contributed by atoms with Gasteiger partial charge in [-0.25, -0.2) is 0 Å². The first kappa shape index (κ1) is 18.3. The molecule has 5 nitrogen and oxygen atoms in total. The molecule has 22 heavy (non-hydrogen) atoms. The molecule has 0 radical (unpaired) electrons. The van der Waals surface area contributed by atoms with Gasteiger partial charge in [0.1, 0.15) is 6.10 Å². The average molecular weight is 338 g/mol. The molecule has 0 saturated carbocycles. The van der Waals surface area contributed by atoms with Crippen LogP contribution < -0.4 is 4.72 Å². The van der Waals surface area contributed by atoms with Gasteiger partial charge in [-0.2, -0.15) is 21.6 Å². The number of aryl methyl sites for hydroxylation is 1. The maximum absolute atomic E-state index is 12.5. The molecule has 1 aromatic carbocycles. The van der Waals surface area contributed by atoms with Crippen LogP contribution in [-0.4, -0.2) is 25.7 Å². The second-order valence-electron chi connectivity index (χ2n) is 4.88. The summed E-state index contributed by atoms with van der Waals surface area (Å²) < 4.78 is 61.8. The van der Waals surface area contributed by atoms with E-state index in [1.54, 1.807) is 24.6 Å². The Bertz CT molecular complexity index is 668. The third-order valence-corrected chi connectivity index (χ3v) is 3.69. The number of hydrogen-bond acceptors (Lipinski definition) is 4. The Kier molecular flexibility index (Phi) is 5.44. The summed E-state index contributed by atoms with van der Waals surface area (Å²) in [6.07, 6.45) is -0.213. The van der Waals surface area contributed by atoms with Gasteiger partial charge in [0.25, 0.3) is 0 Å². The van der Waals surface area contributed by atoms with E-state index in [9.17, 15) is 21.6 Å². The van der Waals surface area contributed by atoms with Crippen LogP contribution in [0.1, 0.15) is 31.9 Å². The van der Waals surface area contributed by atoms with Gasteiger partial charge in [0.2, 0.25) is 0 Å². The van der Waals surface area contributed by atoms with Crippen molar-refractivity contribution in [3.05, 3.63) is 29.3 Å². The minimum atomic E-state index is -5.51. The van der Waals surface area contributed by atoms with E-state index in [0.717, 1.165) is 0 Å². The molecule has 0 aromatic heterocycles. The minimum absolute atomic E-state index is 0.173. The third kappa shape index (κ3) is 4.36. The molecule has 0 unspecified atom stereocenters. The smallest absolute Gasteiger partial charge is 0.393 e. The lowest BCUT2D eigenvalue weighted by Gasteiger charge is -2.16. The minimum Gasteiger partial charge on any atom is -0.393 e. The van der Waals surface area contributed by atoms with Crippen molar-refractivity contribution in [2.45, 2.75) is 39.3 Å². The van der Waals surface area contributed by atoms with Crippen molar-refractivity contribution in [1.29, 1.82) is 0 Å². The van der Waals surface area contributed by atoms with Crippen molar-refractivity contribution in [3.63, 3.8) is 0 Å². The molecule has 0 bridgehead atoms. The van der Waals surface area contributed by atoms with E-state index < -0.39 is 15.5 Å². The quantitative estimate of drug-likeness (QED) is 0.661. The number of nitrogens with one attached hydrogen (secondary N) is 1. The van der Waals surface area contributed by atoms with Crippen LogP contribution in [0.15, 0.2) is 23.4 Å². The van der Waals surface area contributed by atoms with Crippen LogP contribution in [0, 0.1) is 6.92 Å². The first-order chi connectivity index (χ1) is 9.95. The van der Waals surface area contributed by atoms with Gasteiger partial charge in [-0.15, -0.1) is 0 Å². The molecular weight excluding hydrogens is 321 g/mol. The number of alkyl halides is 3. The topological polar surface area (TPSA) is 67.8 Å². The highest BCUT2D eigenvalue weighted by molar-refractivity contribution is 7.93. The van der Waals surface area contributed by atoms with E-state index in [4.69, 9.17) is 4.84 Å². The number of oxime groups is 1. The number of sulfonamides is 1. The predicted molar refractivity (Wildman–Crippen MR) is 78.2 cm³/mol. The molecule has 0 amide bonds. The molecule has 1 rings (SSSR count). The molecule has 124 valence electrons. The fourth-order valence-corrected chi connectivity index (χ4v) is 2.19. The standard InChI is InChI=1S/C13H17F3N2O3S/c1-8(2)21-17-10(4)11-7-5-6-9(3)12(11)18-22(19,20)13(14,15)16/h5-8,18H,1-4H3/b17-10+. The maximum Gasteiger partial charge on any atom is 0.516 e. The highest BCUT2D eigenvalue weighted by atomic mass is 32.2. The molecule has 0 atom stereocenters. The molecule has 0 spiro atoms. The number of para-hydroxylation sites is 1. The van der Waals surface area contributed by atoms with Crippen LogP contribution in [0.3, 0.4) is 0 Å². The van der Waals surface area contributed by atoms with Crippen molar-refractivity contribution in [2.24, 2.45) is 5.16 Å². The normalized spacial score (nSPS) is 13.4. The van der Waals surface area contributed by atoms with Crippen LogP contribution in [0.4, 0.5) is 18.9 Å². The first-order valence-electron chi connectivity index (χ1n) is 6.35.